The van der Waals surface area contributed by atoms with Gasteiger partial charge in [-0.2, -0.15) is 0 Å². The van der Waals surface area contributed by atoms with Crippen LogP contribution >= 0.6 is 0 Å². The largest absolute Gasteiger partial charge is 0.396 e. The first kappa shape index (κ1) is 31.9. The molecule has 1 aromatic carbocycles. The van der Waals surface area contributed by atoms with Crippen molar-refractivity contribution >= 4 is 28.8 Å². The van der Waals surface area contributed by atoms with E-state index in [1.165, 1.54) is 5.56 Å². The highest BCUT2D eigenvalue weighted by atomic mass is 16.5. The van der Waals surface area contributed by atoms with Crippen molar-refractivity contribution in [3.05, 3.63) is 65.1 Å². The van der Waals surface area contributed by atoms with Gasteiger partial charge in [0.15, 0.2) is 17.4 Å². The van der Waals surface area contributed by atoms with Crippen LogP contribution in [-0.4, -0.2) is 76.1 Å². The van der Waals surface area contributed by atoms with Crippen molar-refractivity contribution in [2.24, 2.45) is 22.7 Å². The number of ketones is 1. The van der Waals surface area contributed by atoms with Gasteiger partial charge in [-0.05, 0) is 74.1 Å². The number of carbonyl (C=O) groups excluding carboxylic acids is 2. The molecule has 1 aromatic heterocycles. The van der Waals surface area contributed by atoms with Crippen molar-refractivity contribution in [3.8, 4) is 0 Å². The van der Waals surface area contributed by atoms with Crippen LogP contribution in [0.2, 0.25) is 0 Å². The van der Waals surface area contributed by atoms with E-state index in [2.05, 4.69) is 33.3 Å². The number of allylic oxidation sites excluding steroid dienone is 2. The van der Waals surface area contributed by atoms with Gasteiger partial charge in [-0.3, -0.25) is 14.6 Å². The molecule has 44 heavy (non-hydrogen) atoms. The number of aliphatic imine (C=N–C) groups is 1. The standard InChI is InChI=1S/C35H46N4O5/c1-21(2)33(31-18-32(37-44-31)38-14-11-26(20-40)12-15-38)35(43)39-19-29(41)17-30(39)34(42)23(4)22(3)27-8-6-25(7-9-27)16-28-10-13-36-24(28)5/h6-10,13,18,21,26,28-30,33,40-41H,11-12,14-17,19-20H2,1-5H3/b23-22-/t28?,29-,30?,33?/m1/s1. The molecule has 0 radical (unpaired) electrons. The number of benzene rings is 1. The van der Waals surface area contributed by atoms with Crippen LogP contribution in [0.3, 0.4) is 0 Å². The molecule has 4 atom stereocenters. The number of amides is 1. The van der Waals surface area contributed by atoms with Crippen molar-refractivity contribution in [1.82, 2.24) is 10.1 Å². The predicted octanol–water partition coefficient (Wildman–Crippen LogP) is 4.79. The molecule has 5 rings (SSSR count). The van der Waals surface area contributed by atoms with E-state index >= 15 is 0 Å². The summed E-state index contributed by atoms with van der Waals surface area (Å²) in [6.45, 7) is 11.5. The molecule has 9 heteroatoms. The molecule has 3 aliphatic rings. The number of aromatic nitrogens is 1. The molecule has 2 N–H and O–H groups in total. The van der Waals surface area contributed by atoms with Crippen molar-refractivity contribution in [2.75, 3.05) is 31.1 Å². The van der Waals surface area contributed by atoms with E-state index in [-0.39, 0.29) is 37.2 Å². The lowest BCUT2D eigenvalue weighted by Crippen LogP contribution is -2.44. The van der Waals surface area contributed by atoms with Gasteiger partial charge in [0, 0.05) is 56.6 Å². The highest BCUT2D eigenvalue weighted by Gasteiger charge is 2.43. The number of Topliss-reactive ketones (excluding diaryl/α,β-unsaturated/α-hetero) is 1. The van der Waals surface area contributed by atoms with Crippen LogP contribution in [-0.2, 0) is 16.0 Å². The number of β-amino-alcohol motifs (C(OH)–C–C–N with tert-alkyl or cyclic N) is 1. The summed E-state index contributed by atoms with van der Waals surface area (Å²) in [5.41, 5.74) is 4.73. The maximum absolute atomic E-state index is 14.1. The normalized spacial score (nSPS) is 23.7. The second-order valence-corrected chi connectivity index (χ2v) is 13.1. The van der Waals surface area contributed by atoms with Crippen molar-refractivity contribution in [1.29, 1.82) is 0 Å². The Balaban J connectivity index is 1.31. The Hall–Kier alpha value is -3.56. The van der Waals surface area contributed by atoms with Crippen molar-refractivity contribution < 1.29 is 24.3 Å². The molecule has 4 heterocycles. The van der Waals surface area contributed by atoms with Crippen molar-refractivity contribution in [2.45, 2.75) is 78.4 Å². The van der Waals surface area contributed by atoms with Gasteiger partial charge in [0.1, 0.15) is 5.92 Å². The number of piperidine rings is 1. The van der Waals surface area contributed by atoms with E-state index in [4.69, 9.17) is 4.52 Å². The smallest absolute Gasteiger partial charge is 0.234 e. The van der Waals surface area contributed by atoms with E-state index in [1.54, 1.807) is 4.90 Å². The number of hydrogen-bond donors (Lipinski definition) is 2. The number of anilines is 1. The zero-order valence-corrected chi connectivity index (χ0v) is 26.6. The number of rotatable bonds is 10. The van der Waals surface area contributed by atoms with Crippen LogP contribution in [0.4, 0.5) is 5.82 Å². The number of aliphatic hydroxyl groups is 2. The lowest BCUT2D eigenvalue weighted by molar-refractivity contribution is -0.139. The summed E-state index contributed by atoms with van der Waals surface area (Å²) in [5.74, 6) is 0.663. The average Bonchev–Trinajstić information content (AvgIpc) is 3.77. The van der Waals surface area contributed by atoms with Crippen molar-refractivity contribution in [3.63, 3.8) is 0 Å². The Bertz CT molecular complexity index is 1430. The van der Waals surface area contributed by atoms with Crippen LogP contribution in [0.25, 0.3) is 5.57 Å². The first-order valence-electron chi connectivity index (χ1n) is 15.9. The quantitative estimate of drug-likeness (QED) is 0.375. The second kappa shape index (κ2) is 13.6. The number of carbonyl (C=O) groups is 2. The summed E-state index contributed by atoms with van der Waals surface area (Å²) in [4.78, 5) is 36.0. The minimum atomic E-state index is -0.775. The first-order valence-corrected chi connectivity index (χ1v) is 15.9. The van der Waals surface area contributed by atoms with Crippen LogP contribution in [0.15, 0.2) is 57.7 Å². The minimum absolute atomic E-state index is 0.105. The third kappa shape index (κ3) is 6.74. The summed E-state index contributed by atoms with van der Waals surface area (Å²) < 4.78 is 5.74. The van der Waals surface area contributed by atoms with Crippen LogP contribution < -0.4 is 4.90 Å². The summed E-state index contributed by atoms with van der Waals surface area (Å²) in [5, 5.41) is 24.4. The fourth-order valence-electron chi connectivity index (χ4n) is 6.65. The van der Waals surface area contributed by atoms with Gasteiger partial charge in [-0.25, -0.2) is 0 Å². The van der Waals surface area contributed by atoms with E-state index < -0.39 is 18.1 Å². The Labute approximate surface area is 260 Å². The minimum Gasteiger partial charge on any atom is -0.396 e. The Morgan fingerprint density at radius 1 is 1.11 bits per heavy atom. The molecule has 0 spiro atoms. The van der Waals surface area contributed by atoms with Gasteiger partial charge < -0.3 is 24.5 Å². The Kier molecular flexibility index (Phi) is 9.85. The molecule has 2 aromatic rings. The molecule has 0 aliphatic carbocycles. The molecule has 9 nitrogen and oxygen atoms in total. The number of nitrogens with zero attached hydrogens (tertiary/aromatic N) is 4. The molecule has 0 bridgehead atoms. The summed E-state index contributed by atoms with van der Waals surface area (Å²) in [7, 11) is 0. The van der Waals surface area contributed by atoms with Crippen LogP contribution in [0.5, 0.6) is 0 Å². The third-order valence-corrected chi connectivity index (χ3v) is 9.72. The molecule has 236 valence electrons. The van der Waals surface area contributed by atoms with Crippen LogP contribution in [0.1, 0.15) is 76.7 Å². The topological polar surface area (TPSA) is 119 Å². The van der Waals surface area contributed by atoms with Gasteiger partial charge in [0.2, 0.25) is 5.91 Å². The van der Waals surface area contributed by atoms with E-state index in [9.17, 15) is 19.8 Å². The van der Waals surface area contributed by atoms with Gasteiger partial charge in [-0.15, -0.1) is 0 Å². The monoisotopic (exact) mass is 602 g/mol. The highest BCUT2D eigenvalue weighted by molar-refractivity contribution is 6.06. The maximum atomic E-state index is 14.1. The number of hydrogen-bond acceptors (Lipinski definition) is 8. The zero-order valence-electron chi connectivity index (χ0n) is 26.6. The van der Waals surface area contributed by atoms with Gasteiger partial charge in [-0.1, -0.05) is 49.3 Å². The van der Waals surface area contributed by atoms with Crippen LogP contribution in [0, 0.1) is 17.8 Å². The number of likely N-dealkylation sites (tertiary alicyclic amines) is 1. The Morgan fingerprint density at radius 2 is 1.82 bits per heavy atom. The summed E-state index contributed by atoms with van der Waals surface area (Å²) in [6, 6.07) is 9.37. The average molecular weight is 603 g/mol. The number of aliphatic hydroxyl groups excluding tert-OH is 2. The maximum Gasteiger partial charge on any atom is 0.234 e. The molecule has 2 saturated heterocycles. The Morgan fingerprint density at radius 3 is 2.43 bits per heavy atom. The SMILES string of the molecule is CC1=NC=CC1Cc1ccc(/C(C)=C(/C)C(=O)C2C[C@@H](O)CN2C(=O)C(c2cc(N3CCC(CO)CC3)no2)C(C)C)cc1. The fourth-order valence-corrected chi connectivity index (χ4v) is 6.65. The molecular formula is C35H46N4O5. The predicted molar refractivity (Wildman–Crippen MR) is 171 cm³/mol. The lowest BCUT2D eigenvalue weighted by atomic mass is 9.90. The molecule has 0 saturated carbocycles. The van der Waals surface area contributed by atoms with Gasteiger partial charge in [0.25, 0.3) is 0 Å². The first-order chi connectivity index (χ1) is 21.1. The van der Waals surface area contributed by atoms with E-state index in [1.807, 2.05) is 59.0 Å². The molecular weight excluding hydrogens is 556 g/mol. The summed E-state index contributed by atoms with van der Waals surface area (Å²) in [6.07, 6.45) is 6.05. The highest BCUT2D eigenvalue weighted by Crippen LogP contribution is 2.34. The molecule has 3 aliphatic heterocycles. The lowest BCUT2D eigenvalue weighted by Gasteiger charge is -2.30. The van der Waals surface area contributed by atoms with E-state index in [0.29, 0.717) is 29.0 Å². The van der Waals surface area contributed by atoms with Gasteiger partial charge in [0.05, 0.1) is 12.1 Å². The second-order valence-electron chi connectivity index (χ2n) is 13.1. The summed E-state index contributed by atoms with van der Waals surface area (Å²) >= 11 is 0. The third-order valence-electron chi connectivity index (χ3n) is 9.72. The molecule has 2 fully saturated rings. The van der Waals surface area contributed by atoms with E-state index in [0.717, 1.165) is 49.2 Å². The zero-order chi connectivity index (χ0) is 31.5. The molecule has 1 amide bonds. The fraction of sp³-hybridized carbons (Fsp3) is 0.543. The van der Waals surface area contributed by atoms with Gasteiger partial charge >= 0.3 is 0 Å². The molecule has 3 unspecified atom stereocenters.